The second kappa shape index (κ2) is 14.4. The highest BCUT2D eigenvalue weighted by molar-refractivity contribution is 5.59. The van der Waals surface area contributed by atoms with E-state index in [-0.39, 0.29) is 12.0 Å². The summed E-state index contributed by atoms with van der Waals surface area (Å²) in [6.07, 6.45) is 1.77. The van der Waals surface area contributed by atoms with Gasteiger partial charge in [-0.2, -0.15) is 9.97 Å². The lowest BCUT2D eigenvalue weighted by Gasteiger charge is -2.10. The maximum Gasteiger partial charge on any atom is 0.323 e. The molecule has 0 saturated heterocycles. The highest BCUT2D eigenvalue weighted by atomic mass is 16.6. The Labute approximate surface area is 177 Å². The van der Waals surface area contributed by atoms with Crippen LogP contribution < -0.4 is 9.47 Å². The monoisotopic (exact) mass is 419 g/mol. The van der Waals surface area contributed by atoms with E-state index in [1.54, 1.807) is 20.3 Å². The molecule has 1 heterocycles. The topological polar surface area (TPSA) is 94.1 Å². The molecule has 9 nitrogen and oxygen atoms in total. The number of methoxy groups -OCH3 is 2. The average Bonchev–Trinajstić information content (AvgIpc) is 2.78. The second-order valence-corrected chi connectivity index (χ2v) is 5.96. The molecule has 0 aliphatic carbocycles. The van der Waals surface area contributed by atoms with Gasteiger partial charge in [0.15, 0.2) is 5.82 Å². The van der Waals surface area contributed by atoms with E-state index in [0.29, 0.717) is 58.7 Å². The SMILES string of the molecule is C=Cc1ccc(-c2nc(OCCOCCOC)nc(OCCOCCOC)n2)cc1. The van der Waals surface area contributed by atoms with Crippen molar-refractivity contribution in [3.63, 3.8) is 0 Å². The second-order valence-electron chi connectivity index (χ2n) is 5.96. The van der Waals surface area contributed by atoms with Crippen molar-refractivity contribution in [3.8, 4) is 23.4 Å². The summed E-state index contributed by atoms with van der Waals surface area (Å²) in [5.74, 6) is 0.450. The van der Waals surface area contributed by atoms with E-state index >= 15 is 0 Å². The summed E-state index contributed by atoms with van der Waals surface area (Å²) in [4.78, 5) is 13.0. The van der Waals surface area contributed by atoms with E-state index in [0.717, 1.165) is 11.1 Å². The standard InChI is InChI=1S/C21H29N3O6/c1-4-17-5-7-18(8-6-17)19-22-20(29-15-13-27-11-9-25-2)24-21(23-19)30-16-14-28-12-10-26-3/h4-8H,1,9-16H2,2-3H3. The maximum atomic E-state index is 5.62. The molecule has 0 radical (unpaired) electrons. The molecule has 0 saturated carbocycles. The third-order valence-electron chi connectivity index (χ3n) is 3.78. The molecule has 0 aliphatic heterocycles. The van der Waals surface area contributed by atoms with Crippen molar-refractivity contribution in [2.45, 2.75) is 0 Å². The van der Waals surface area contributed by atoms with E-state index in [9.17, 15) is 0 Å². The van der Waals surface area contributed by atoms with Crippen LogP contribution in [0.1, 0.15) is 5.56 Å². The van der Waals surface area contributed by atoms with E-state index in [1.165, 1.54) is 0 Å². The van der Waals surface area contributed by atoms with Crippen LogP contribution in [-0.2, 0) is 18.9 Å². The van der Waals surface area contributed by atoms with Crippen LogP contribution in [-0.4, -0.2) is 82.0 Å². The molecule has 1 aromatic heterocycles. The minimum atomic E-state index is 0.165. The first-order valence-corrected chi connectivity index (χ1v) is 9.64. The normalized spacial score (nSPS) is 10.7. The lowest BCUT2D eigenvalue weighted by atomic mass is 10.1. The zero-order chi connectivity index (χ0) is 21.4. The molecular weight excluding hydrogens is 390 g/mol. The largest absolute Gasteiger partial charge is 0.461 e. The van der Waals surface area contributed by atoms with Crippen LogP contribution in [0.2, 0.25) is 0 Å². The predicted octanol–water partition coefficient (Wildman–Crippen LogP) is 2.27. The molecular formula is C21H29N3O6. The molecule has 0 aliphatic rings. The molecule has 0 spiro atoms. The fourth-order valence-corrected chi connectivity index (χ4v) is 2.24. The summed E-state index contributed by atoms with van der Waals surface area (Å²) in [5.41, 5.74) is 1.81. The summed E-state index contributed by atoms with van der Waals surface area (Å²) in [6.45, 7) is 7.18. The smallest absolute Gasteiger partial charge is 0.323 e. The van der Waals surface area contributed by atoms with Gasteiger partial charge in [0, 0.05) is 19.8 Å². The molecule has 164 valence electrons. The number of aromatic nitrogens is 3. The van der Waals surface area contributed by atoms with Gasteiger partial charge in [-0.1, -0.05) is 36.9 Å². The fraction of sp³-hybridized carbons (Fsp3) is 0.476. The zero-order valence-electron chi connectivity index (χ0n) is 17.5. The van der Waals surface area contributed by atoms with Crippen LogP contribution >= 0.6 is 0 Å². The van der Waals surface area contributed by atoms with Gasteiger partial charge in [-0.25, -0.2) is 0 Å². The van der Waals surface area contributed by atoms with Crippen LogP contribution in [0, 0.1) is 0 Å². The van der Waals surface area contributed by atoms with E-state index in [4.69, 9.17) is 28.4 Å². The first-order valence-electron chi connectivity index (χ1n) is 9.64. The van der Waals surface area contributed by atoms with Crippen molar-refractivity contribution in [2.75, 3.05) is 67.1 Å². The van der Waals surface area contributed by atoms with E-state index < -0.39 is 0 Å². The van der Waals surface area contributed by atoms with Crippen molar-refractivity contribution < 1.29 is 28.4 Å². The van der Waals surface area contributed by atoms with Crippen molar-refractivity contribution in [1.82, 2.24) is 15.0 Å². The van der Waals surface area contributed by atoms with E-state index in [1.807, 2.05) is 24.3 Å². The highest BCUT2D eigenvalue weighted by Gasteiger charge is 2.11. The van der Waals surface area contributed by atoms with Gasteiger partial charge in [0.1, 0.15) is 13.2 Å². The Bertz CT molecular complexity index is 708. The number of ether oxygens (including phenoxy) is 6. The number of benzene rings is 1. The molecule has 0 bridgehead atoms. The Kier molecular flexibility index (Phi) is 11.4. The third kappa shape index (κ3) is 8.83. The van der Waals surface area contributed by atoms with Crippen LogP contribution in [0.5, 0.6) is 12.0 Å². The number of rotatable bonds is 16. The minimum Gasteiger partial charge on any atom is -0.461 e. The Morgan fingerprint density at radius 3 is 1.67 bits per heavy atom. The van der Waals surface area contributed by atoms with Gasteiger partial charge in [-0.05, 0) is 5.56 Å². The summed E-state index contributed by atoms with van der Waals surface area (Å²) < 4.78 is 31.9. The van der Waals surface area contributed by atoms with Gasteiger partial charge in [-0.15, -0.1) is 4.98 Å². The molecule has 0 fully saturated rings. The fourth-order valence-electron chi connectivity index (χ4n) is 2.24. The molecule has 0 N–H and O–H groups in total. The van der Waals surface area contributed by atoms with Gasteiger partial charge in [-0.3, -0.25) is 0 Å². The van der Waals surface area contributed by atoms with Crippen LogP contribution in [0.25, 0.3) is 17.5 Å². The molecule has 0 atom stereocenters. The summed E-state index contributed by atoms with van der Waals surface area (Å²) >= 11 is 0. The summed E-state index contributed by atoms with van der Waals surface area (Å²) in [5, 5.41) is 0. The molecule has 0 amide bonds. The van der Waals surface area contributed by atoms with Crippen LogP contribution in [0.15, 0.2) is 30.8 Å². The number of nitrogens with zero attached hydrogens (tertiary/aromatic N) is 3. The Morgan fingerprint density at radius 1 is 0.700 bits per heavy atom. The maximum absolute atomic E-state index is 5.62. The predicted molar refractivity (Wildman–Crippen MR) is 112 cm³/mol. The molecule has 30 heavy (non-hydrogen) atoms. The van der Waals surface area contributed by atoms with Crippen molar-refractivity contribution in [3.05, 3.63) is 36.4 Å². The van der Waals surface area contributed by atoms with Crippen molar-refractivity contribution in [1.29, 1.82) is 0 Å². The van der Waals surface area contributed by atoms with Crippen LogP contribution in [0.3, 0.4) is 0 Å². The summed E-state index contributed by atoms with van der Waals surface area (Å²) in [6, 6.07) is 8.00. The molecule has 9 heteroatoms. The van der Waals surface area contributed by atoms with Gasteiger partial charge in [0.2, 0.25) is 0 Å². The van der Waals surface area contributed by atoms with Gasteiger partial charge < -0.3 is 28.4 Å². The lowest BCUT2D eigenvalue weighted by molar-refractivity contribution is 0.0503. The molecule has 2 aromatic rings. The van der Waals surface area contributed by atoms with Crippen molar-refractivity contribution in [2.24, 2.45) is 0 Å². The van der Waals surface area contributed by atoms with Crippen LogP contribution in [0.4, 0.5) is 0 Å². The number of hydrogen-bond donors (Lipinski definition) is 0. The Morgan fingerprint density at radius 2 is 1.20 bits per heavy atom. The first kappa shape index (κ1) is 23.7. The first-order chi connectivity index (χ1) is 14.8. The van der Waals surface area contributed by atoms with Gasteiger partial charge >= 0.3 is 12.0 Å². The van der Waals surface area contributed by atoms with E-state index in [2.05, 4.69) is 21.5 Å². The van der Waals surface area contributed by atoms with Gasteiger partial charge in [0.25, 0.3) is 0 Å². The van der Waals surface area contributed by atoms with Crippen molar-refractivity contribution >= 4 is 6.08 Å². The summed E-state index contributed by atoms with van der Waals surface area (Å²) in [7, 11) is 3.25. The third-order valence-corrected chi connectivity index (χ3v) is 3.78. The lowest BCUT2D eigenvalue weighted by Crippen LogP contribution is -2.14. The Hall–Kier alpha value is -2.59. The average molecular weight is 419 g/mol. The quantitative estimate of drug-likeness (QED) is 0.380. The molecule has 2 rings (SSSR count). The van der Waals surface area contributed by atoms with Gasteiger partial charge in [0.05, 0.1) is 39.6 Å². The Balaban J connectivity index is 2.01. The zero-order valence-corrected chi connectivity index (χ0v) is 17.5. The minimum absolute atomic E-state index is 0.165. The molecule has 0 unspecified atom stereocenters. The number of hydrogen-bond acceptors (Lipinski definition) is 9. The molecule has 1 aromatic carbocycles. The highest BCUT2D eigenvalue weighted by Crippen LogP contribution is 2.20.